The van der Waals surface area contributed by atoms with Crippen molar-refractivity contribution in [1.82, 2.24) is 10.3 Å². The van der Waals surface area contributed by atoms with Crippen LogP contribution in [-0.4, -0.2) is 30.5 Å². The molecule has 1 aliphatic rings. The highest BCUT2D eigenvalue weighted by Crippen LogP contribution is 2.19. The first kappa shape index (κ1) is 11.4. The number of halogens is 1. The Labute approximate surface area is 103 Å². The van der Waals surface area contributed by atoms with E-state index in [1.807, 2.05) is 24.0 Å². The number of carbonyl (C=O) groups is 1. The van der Waals surface area contributed by atoms with Crippen LogP contribution in [0, 0.1) is 6.92 Å². The maximum Gasteiger partial charge on any atom is 0.239 e. The van der Waals surface area contributed by atoms with E-state index in [4.69, 9.17) is 0 Å². The number of hydrogen-bond acceptors (Lipinski definition) is 3. The Balaban J connectivity index is 2.21. The second-order valence-corrected chi connectivity index (χ2v) is 4.72. The fourth-order valence-corrected chi connectivity index (χ4v) is 1.93. The number of hydrogen-bond donors (Lipinski definition) is 1. The van der Waals surface area contributed by atoms with Crippen molar-refractivity contribution in [3.63, 3.8) is 0 Å². The summed E-state index contributed by atoms with van der Waals surface area (Å²) >= 11 is 3.42. The van der Waals surface area contributed by atoms with Crippen LogP contribution in [0.3, 0.4) is 0 Å². The van der Waals surface area contributed by atoms with E-state index < -0.39 is 0 Å². The van der Waals surface area contributed by atoms with Gasteiger partial charge in [-0.25, -0.2) is 4.98 Å². The van der Waals surface area contributed by atoms with Gasteiger partial charge in [-0.15, -0.1) is 0 Å². The van der Waals surface area contributed by atoms with E-state index >= 15 is 0 Å². The van der Waals surface area contributed by atoms with Crippen LogP contribution in [0.4, 0.5) is 5.82 Å². The largest absolute Gasteiger partial charge is 0.354 e. The second-order valence-electron chi connectivity index (χ2n) is 3.86. The van der Waals surface area contributed by atoms with Gasteiger partial charge in [0.15, 0.2) is 0 Å². The summed E-state index contributed by atoms with van der Waals surface area (Å²) in [7, 11) is 0. The maximum atomic E-state index is 11.4. The third-order valence-electron chi connectivity index (χ3n) is 2.59. The van der Waals surface area contributed by atoms with E-state index in [0.29, 0.717) is 6.54 Å². The van der Waals surface area contributed by atoms with Gasteiger partial charge in [-0.3, -0.25) is 4.79 Å². The zero-order valence-corrected chi connectivity index (χ0v) is 10.7. The van der Waals surface area contributed by atoms with E-state index in [-0.39, 0.29) is 5.91 Å². The molecule has 0 saturated carbocycles. The smallest absolute Gasteiger partial charge is 0.239 e. The lowest BCUT2D eigenvalue weighted by Gasteiger charge is -2.20. The lowest BCUT2D eigenvalue weighted by atomic mass is 10.3. The lowest BCUT2D eigenvalue weighted by molar-refractivity contribution is -0.119. The molecule has 16 heavy (non-hydrogen) atoms. The van der Waals surface area contributed by atoms with E-state index in [2.05, 4.69) is 26.2 Å². The Bertz CT molecular complexity index is 408. The Morgan fingerprint density at radius 3 is 3.06 bits per heavy atom. The number of nitrogens with zero attached hydrogens (tertiary/aromatic N) is 2. The van der Waals surface area contributed by atoms with Crippen LogP contribution in [0.2, 0.25) is 0 Å². The molecular formula is C11H14BrN3O. The molecule has 5 heteroatoms. The summed E-state index contributed by atoms with van der Waals surface area (Å²) in [4.78, 5) is 17.9. The van der Waals surface area contributed by atoms with Gasteiger partial charge in [0.2, 0.25) is 5.91 Å². The minimum absolute atomic E-state index is 0.0693. The first-order valence-electron chi connectivity index (χ1n) is 5.31. The Kier molecular flexibility index (Phi) is 3.43. The van der Waals surface area contributed by atoms with Crippen molar-refractivity contribution < 1.29 is 4.79 Å². The van der Waals surface area contributed by atoms with Crippen LogP contribution >= 0.6 is 15.9 Å². The summed E-state index contributed by atoms with van der Waals surface area (Å²) in [5.74, 6) is 0.942. The molecule has 1 amide bonds. The number of aromatic nitrogens is 1. The van der Waals surface area contributed by atoms with Gasteiger partial charge < -0.3 is 10.2 Å². The normalized spacial score (nSPS) is 16.9. The first-order chi connectivity index (χ1) is 7.66. The van der Waals surface area contributed by atoms with E-state index in [9.17, 15) is 4.79 Å². The fraction of sp³-hybridized carbons (Fsp3) is 0.455. The molecule has 1 fully saturated rings. The van der Waals surface area contributed by atoms with Crippen LogP contribution < -0.4 is 10.2 Å². The topological polar surface area (TPSA) is 45.2 Å². The molecule has 0 unspecified atom stereocenters. The number of anilines is 1. The van der Waals surface area contributed by atoms with Gasteiger partial charge in [-0.05, 0) is 41.4 Å². The summed E-state index contributed by atoms with van der Waals surface area (Å²) < 4.78 is 0.996. The third kappa shape index (κ3) is 2.52. The Morgan fingerprint density at radius 2 is 2.31 bits per heavy atom. The van der Waals surface area contributed by atoms with Crippen LogP contribution in [-0.2, 0) is 4.79 Å². The van der Waals surface area contributed by atoms with Gasteiger partial charge in [-0.1, -0.05) is 0 Å². The van der Waals surface area contributed by atoms with Gasteiger partial charge in [0, 0.05) is 17.6 Å². The van der Waals surface area contributed by atoms with E-state index in [1.54, 1.807) is 0 Å². The zero-order valence-electron chi connectivity index (χ0n) is 9.16. The van der Waals surface area contributed by atoms with Crippen molar-refractivity contribution in [3.8, 4) is 0 Å². The molecule has 2 heterocycles. The Hall–Kier alpha value is -1.10. The predicted molar refractivity (Wildman–Crippen MR) is 66.5 cm³/mol. The minimum Gasteiger partial charge on any atom is -0.354 e. The molecule has 0 radical (unpaired) electrons. The second kappa shape index (κ2) is 4.82. The molecule has 0 spiro atoms. The van der Waals surface area contributed by atoms with Crippen molar-refractivity contribution in [2.45, 2.75) is 13.3 Å². The molecule has 4 nitrogen and oxygen atoms in total. The van der Waals surface area contributed by atoms with E-state index in [0.717, 1.165) is 35.5 Å². The average molecular weight is 284 g/mol. The van der Waals surface area contributed by atoms with Crippen LogP contribution in [0.25, 0.3) is 0 Å². The van der Waals surface area contributed by atoms with Gasteiger partial charge in [0.05, 0.1) is 12.2 Å². The molecular weight excluding hydrogens is 270 g/mol. The van der Waals surface area contributed by atoms with Gasteiger partial charge in [0.1, 0.15) is 5.82 Å². The molecule has 0 bridgehead atoms. The van der Waals surface area contributed by atoms with Gasteiger partial charge in [-0.2, -0.15) is 0 Å². The number of pyridine rings is 1. The summed E-state index contributed by atoms with van der Waals surface area (Å²) in [5, 5.41) is 2.85. The fourth-order valence-electron chi connectivity index (χ4n) is 1.71. The average Bonchev–Trinajstić information content (AvgIpc) is 2.47. The highest BCUT2D eigenvalue weighted by Gasteiger charge is 2.16. The molecule has 0 aliphatic carbocycles. The minimum atomic E-state index is 0.0693. The molecule has 1 aliphatic heterocycles. The van der Waals surface area contributed by atoms with E-state index in [1.165, 1.54) is 0 Å². The number of carbonyl (C=O) groups excluding carboxylic acids is 1. The van der Waals surface area contributed by atoms with Gasteiger partial charge in [0.25, 0.3) is 0 Å². The highest BCUT2D eigenvalue weighted by molar-refractivity contribution is 9.10. The molecule has 1 aromatic rings. The van der Waals surface area contributed by atoms with Crippen molar-refractivity contribution in [2.24, 2.45) is 0 Å². The monoisotopic (exact) mass is 283 g/mol. The summed E-state index contributed by atoms with van der Waals surface area (Å²) in [6, 6.07) is 3.91. The first-order valence-corrected chi connectivity index (χ1v) is 6.11. The van der Waals surface area contributed by atoms with Crippen LogP contribution in [0.5, 0.6) is 0 Å². The lowest BCUT2D eigenvalue weighted by Crippen LogP contribution is -2.33. The number of rotatable bonds is 1. The molecule has 1 N–H and O–H groups in total. The van der Waals surface area contributed by atoms with Crippen molar-refractivity contribution in [3.05, 3.63) is 22.3 Å². The third-order valence-corrected chi connectivity index (χ3v) is 3.43. The summed E-state index contributed by atoms with van der Waals surface area (Å²) in [5.41, 5.74) is 0.946. The summed E-state index contributed by atoms with van der Waals surface area (Å²) in [6.45, 7) is 3.97. The Morgan fingerprint density at radius 1 is 1.50 bits per heavy atom. The quantitative estimate of drug-likeness (QED) is 0.849. The molecule has 86 valence electrons. The zero-order chi connectivity index (χ0) is 11.5. The number of amides is 1. The highest BCUT2D eigenvalue weighted by atomic mass is 79.9. The predicted octanol–water partition coefficient (Wildman–Crippen LogP) is 1.48. The maximum absolute atomic E-state index is 11.4. The van der Waals surface area contributed by atoms with Crippen molar-refractivity contribution in [1.29, 1.82) is 0 Å². The SMILES string of the molecule is Cc1nc(N2CCCNC(=O)C2)ccc1Br. The summed E-state index contributed by atoms with van der Waals surface area (Å²) in [6.07, 6.45) is 0.961. The van der Waals surface area contributed by atoms with Crippen molar-refractivity contribution in [2.75, 3.05) is 24.5 Å². The molecule has 0 aromatic carbocycles. The van der Waals surface area contributed by atoms with Gasteiger partial charge >= 0.3 is 0 Å². The molecule has 1 aromatic heterocycles. The molecule has 1 saturated heterocycles. The number of nitrogens with one attached hydrogen (secondary N) is 1. The van der Waals surface area contributed by atoms with Crippen LogP contribution in [0.1, 0.15) is 12.1 Å². The van der Waals surface area contributed by atoms with Crippen LogP contribution in [0.15, 0.2) is 16.6 Å². The standard InChI is InChI=1S/C11H14BrN3O/c1-8-9(12)3-4-10(14-8)15-6-2-5-13-11(16)7-15/h3-4H,2,5-7H2,1H3,(H,13,16). The van der Waals surface area contributed by atoms with Crippen molar-refractivity contribution >= 4 is 27.7 Å². The molecule has 0 atom stereocenters. The molecule has 2 rings (SSSR count). The number of aryl methyl sites for hydroxylation is 1.